The van der Waals surface area contributed by atoms with Gasteiger partial charge in [0.2, 0.25) is 5.91 Å². The van der Waals surface area contributed by atoms with E-state index in [1.165, 1.54) is 5.52 Å². The number of nitrogens with one attached hydrogen (secondary N) is 3. The molecular weight excluding hydrogens is 368 g/mol. The summed E-state index contributed by atoms with van der Waals surface area (Å²) in [5, 5.41) is 5.15. The van der Waals surface area contributed by atoms with E-state index in [0.29, 0.717) is 16.9 Å². The van der Waals surface area contributed by atoms with Crippen LogP contribution in [0.4, 0.5) is 5.69 Å². The number of amides is 1. The van der Waals surface area contributed by atoms with Crippen molar-refractivity contribution < 1.29 is 4.79 Å². The average molecular weight is 390 g/mol. The summed E-state index contributed by atoms with van der Waals surface area (Å²) in [4.78, 5) is 40.4. The highest BCUT2D eigenvalue weighted by Gasteiger charge is 2.12. The number of aromatic amines is 2. The van der Waals surface area contributed by atoms with Crippen LogP contribution in [-0.2, 0) is 17.8 Å². The lowest BCUT2D eigenvalue weighted by Gasteiger charge is -2.07. The number of rotatable bonds is 5. The van der Waals surface area contributed by atoms with Crippen LogP contribution in [0.2, 0.25) is 0 Å². The maximum atomic E-state index is 12.4. The molecule has 2 aromatic heterocycles. The van der Waals surface area contributed by atoms with Gasteiger partial charge in [-0.1, -0.05) is 18.2 Å². The van der Waals surface area contributed by atoms with Crippen molar-refractivity contribution >= 4 is 33.4 Å². The number of carbonyl (C=O) groups excluding carboxylic acids is 1. The number of nitrogens with zero attached hydrogens (tertiary/aromatic N) is 1. The molecule has 29 heavy (non-hydrogen) atoms. The van der Waals surface area contributed by atoms with E-state index < -0.39 is 11.2 Å². The van der Waals surface area contributed by atoms with Gasteiger partial charge in [-0.15, -0.1) is 0 Å². The Kier molecular flexibility index (Phi) is 4.80. The molecule has 7 heteroatoms. The molecule has 0 spiro atoms. The van der Waals surface area contributed by atoms with Crippen LogP contribution >= 0.6 is 0 Å². The lowest BCUT2D eigenvalue weighted by Crippen LogP contribution is -2.27. The monoisotopic (exact) mass is 390 g/mol. The summed E-state index contributed by atoms with van der Waals surface area (Å²) < 4.78 is 2.25. The van der Waals surface area contributed by atoms with Gasteiger partial charge in [-0.3, -0.25) is 14.6 Å². The van der Waals surface area contributed by atoms with Gasteiger partial charge in [-0.2, -0.15) is 0 Å². The highest BCUT2D eigenvalue weighted by molar-refractivity contribution is 6.09. The quantitative estimate of drug-likeness (QED) is 0.488. The molecule has 3 N–H and O–H groups in total. The molecule has 0 radical (unpaired) electrons. The first-order valence-electron chi connectivity index (χ1n) is 9.61. The third kappa shape index (κ3) is 3.47. The second-order valence-corrected chi connectivity index (χ2v) is 7.05. The Hall–Kier alpha value is -3.61. The number of benzene rings is 2. The van der Waals surface area contributed by atoms with Crippen molar-refractivity contribution in [2.75, 3.05) is 5.32 Å². The van der Waals surface area contributed by atoms with Crippen LogP contribution in [0.25, 0.3) is 21.8 Å². The van der Waals surface area contributed by atoms with Crippen molar-refractivity contribution in [3.63, 3.8) is 0 Å². The van der Waals surface area contributed by atoms with Crippen molar-refractivity contribution in [3.05, 3.63) is 74.6 Å². The Labute approximate surface area is 166 Å². The SMILES string of the molecule is CCn1c2ccccc2c2cc(NC(=O)CCc3c(C)[nH]c(=O)[nH]c3=O)ccc21. The van der Waals surface area contributed by atoms with E-state index in [1.807, 2.05) is 30.3 Å². The minimum absolute atomic E-state index is 0.144. The first-order valence-corrected chi connectivity index (χ1v) is 9.61. The average Bonchev–Trinajstić information content (AvgIpc) is 3.00. The molecule has 4 rings (SSSR count). The summed E-state index contributed by atoms with van der Waals surface area (Å²) in [5.74, 6) is -0.187. The number of fused-ring (bicyclic) bond motifs is 3. The summed E-state index contributed by atoms with van der Waals surface area (Å²) in [6.07, 6.45) is 0.395. The molecule has 0 aliphatic carbocycles. The first-order chi connectivity index (χ1) is 14.0. The summed E-state index contributed by atoms with van der Waals surface area (Å²) >= 11 is 0. The molecule has 7 nitrogen and oxygen atoms in total. The van der Waals surface area contributed by atoms with Crippen molar-refractivity contribution in [3.8, 4) is 0 Å². The maximum Gasteiger partial charge on any atom is 0.325 e. The van der Waals surface area contributed by atoms with Crippen molar-refractivity contribution in [2.24, 2.45) is 0 Å². The van der Waals surface area contributed by atoms with Gasteiger partial charge in [-0.25, -0.2) is 4.79 Å². The lowest BCUT2D eigenvalue weighted by molar-refractivity contribution is -0.116. The minimum Gasteiger partial charge on any atom is -0.341 e. The molecule has 0 bridgehead atoms. The highest BCUT2D eigenvalue weighted by atomic mass is 16.2. The second-order valence-electron chi connectivity index (χ2n) is 7.05. The van der Waals surface area contributed by atoms with E-state index in [-0.39, 0.29) is 18.7 Å². The summed E-state index contributed by atoms with van der Waals surface area (Å²) in [5.41, 5.74) is 2.92. The minimum atomic E-state index is -0.541. The van der Waals surface area contributed by atoms with Crippen LogP contribution in [0, 0.1) is 6.92 Å². The molecule has 1 amide bonds. The number of hydrogen-bond acceptors (Lipinski definition) is 3. The Morgan fingerprint density at radius 2 is 1.79 bits per heavy atom. The standard InChI is InChI=1S/C22H22N4O3/c1-3-26-18-7-5-4-6-16(18)17-12-14(8-10-19(17)26)24-20(27)11-9-15-13(2)23-22(29)25-21(15)28/h4-8,10,12H,3,9,11H2,1-2H3,(H,24,27)(H2,23,25,28,29). The molecule has 148 valence electrons. The molecule has 0 aliphatic rings. The molecule has 0 saturated carbocycles. The van der Waals surface area contributed by atoms with E-state index >= 15 is 0 Å². The highest BCUT2D eigenvalue weighted by Crippen LogP contribution is 2.31. The van der Waals surface area contributed by atoms with Gasteiger partial charge in [0.05, 0.1) is 0 Å². The van der Waals surface area contributed by atoms with Crippen LogP contribution in [-0.4, -0.2) is 20.4 Å². The van der Waals surface area contributed by atoms with E-state index in [1.54, 1.807) is 6.92 Å². The van der Waals surface area contributed by atoms with Crippen LogP contribution in [0.3, 0.4) is 0 Å². The Balaban J connectivity index is 1.57. The molecule has 0 fully saturated rings. The molecule has 2 heterocycles. The maximum absolute atomic E-state index is 12.4. The van der Waals surface area contributed by atoms with E-state index in [0.717, 1.165) is 22.8 Å². The van der Waals surface area contributed by atoms with Crippen molar-refractivity contribution in [1.82, 2.24) is 14.5 Å². The smallest absolute Gasteiger partial charge is 0.325 e. The van der Waals surface area contributed by atoms with E-state index in [2.05, 4.69) is 38.9 Å². The summed E-state index contributed by atoms with van der Waals surface area (Å²) in [6, 6.07) is 14.1. The van der Waals surface area contributed by atoms with Gasteiger partial charge in [0.15, 0.2) is 0 Å². The van der Waals surface area contributed by atoms with Crippen LogP contribution in [0.15, 0.2) is 52.1 Å². The zero-order chi connectivity index (χ0) is 20.5. The number of H-pyrrole nitrogens is 2. The molecule has 2 aromatic carbocycles. The fourth-order valence-corrected chi connectivity index (χ4v) is 3.86. The van der Waals surface area contributed by atoms with Gasteiger partial charge >= 0.3 is 5.69 Å². The molecule has 4 aromatic rings. The predicted octanol–water partition coefficient (Wildman–Crippen LogP) is 3.07. The van der Waals surface area contributed by atoms with Crippen molar-refractivity contribution in [2.45, 2.75) is 33.2 Å². The molecule has 0 saturated heterocycles. The third-order valence-electron chi connectivity index (χ3n) is 5.23. The summed E-state index contributed by atoms with van der Waals surface area (Å²) in [7, 11) is 0. The van der Waals surface area contributed by atoms with E-state index in [4.69, 9.17) is 0 Å². The number of aromatic nitrogens is 3. The summed E-state index contributed by atoms with van der Waals surface area (Å²) in [6.45, 7) is 4.63. The topological polar surface area (TPSA) is 99.8 Å². The number of hydrogen-bond donors (Lipinski definition) is 3. The van der Waals surface area contributed by atoms with Gasteiger partial charge in [-0.05, 0) is 44.5 Å². The molecule has 0 aliphatic heterocycles. The lowest BCUT2D eigenvalue weighted by atomic mass is 10.1. The fraction of sp³-hybridized carbons (Fsp3) is 0.227. The number of aryl methyl sites for hydroxylation is 2. The van der Waals surface area contributed by atoms with Crippen molar-refractivity contribution in [1.29, 1.82) is 0 Å². The molecular formula is C22H22N4O3. The second kappa shape index (κ2) is 7.43. The van der Waals surface area contributed by atoms with E-state index in [9.17, 15) is 14.4 Å². The largest absolute Gasteiger partial charge is 0.341 e. The fourth-order valence-electron chi connectivity index (χ4n) is 3.86. The van der Waals surface area contributed by atoms with Crippen LogP contribution in [0.5, 0.6) is 0 Å². The van der Waals surface area contributed by atoms with Crippen LogP contribution < -0.4 is 16.6 Å². The number of anilines is 1. The van der Waals surface area contributed by atoms with Crippen LogP contribution in [0.1, 0.15) is 24.6 Å². The Bertz CT molecular complexity index is 1340. The predicted molar refractivity (Wildman–Crippen MR) is 114 cm³/mol. The zero-order valence-electron chi connectivity index (χ0n) is 16.3. The normalized spacial score (nSPS) is 11.2. The number of carbonyl (C=O) groups is 1. The molecule has 0 unspecified atom stereocenters. The Morgan fingerprint density at radius 1 is 1.03 bits per heavy atom. The van der Waals surface area contributed by atoms with Gasteiger partial charge in [0.25, 0.3) is 5.56 Å². The number of para-hydroxylation sites is 1. The Morgan fingerprint density at radius 3 is 2.55 bits per heavy atom. The van der Waals surface area contributed by atoms with Gasteiger partial charge in [0, 0.05) is 51.7 Å². The first kappa shape index (κ1) is 18.7. The zero-order valence-corrected chi connectivity index (χ0v) is 16.3. The van der Waals surface area contributed by atoms with Gasteiger partial charge in [0.1, 0.15) is 0 Å². The van der Waals surface area contributed by atoms with Gasteiger partial charge < -0.3 is 14.9 Å². The molecule has 0 atom stereocenters. The third-order valence-corrected chi connectivity index (χ3v) is 5.23.